The van der Waals surface area contributed by atoms with Gasteiger partial charge in [-0.05, 0) is 12.8 Å². The van der Waals surface area contributed by atoms with Gasteiger partial charge in [-0.25, -0.2) is 4.98 Å². The van der Waals surface area contributed by atoms with Crippen LogP contribution in [0, 0.1) is 0 Å². The van der Waals surface area contributed by atoms with Crippen molar-refractivity contribution in [3.8, 4) is 0 Å². The van der Waals surface area contributed by atoms with Gasteiger partial charge in [0.15, 0.2) is 0 Å². The lowest BCUT2D eigenvalue weighted by Gasteiger charge is -2.14. The van der Waals surface area contributed by atoms with Crippen molar-refractivity contribution < 1.29 is 0 Å². The van der Waals surface area contributed by atoms with Crippen LogP contribution in [0.2, 0.25) is 0 Å². The molecule has 0 amide bonds. The summed E-state index contributed by atoms with van der Waals surface area (Å²) in [6.07, 6.45) is 5.99. The van der Waals surface area contributed by atoms with E-state index in [1.165, 1.54) is 16.3 Å². The first-order valence-electron chi connectivity index (χ1n) is 6.38. The molecule has 2 aromatic heterocycles. The maximum atomic E-state index is 4.46. The van der Waals surface area contributed by atoms with Crippen LogP contribution in [0.4, 0.5) is 0 Å². The van der Waals surface area contributed by atoms with E-state index in [1.54, 1.807) is 11.3 Å². The molecule has 0 spiro atoms. The highest BCUT2D eigenvalue weighted by molar-refractivity contribution is 7.09. The Balaban J connectivity index is 2.01. The first-order valence-corrected chi connectivity index (χ1v) is 7.26. The van der Waals surface area contributed by atoms with Gasteiger partial charge in [-0.3, -0.25) is 4.68 Å². The first kappa shape index (κ1) is 13.2. The van der Waals surface area contributed by atoms with E-state index < -0.39 is 0 Å². The van der Waals surface area contributed by atoms with E-state index in [-0.39, 0.29) is 0 Å². The standard InChI is InChI=1S/C13H20N4S/c1-4-11-10(9-17(3)16-11)8-15-12(5-2)13-14-6-7-18-13/h6-7,9,12,15H,4-5,8H2,1-3H3. The van der Waals surface area contributed by atoms with Gasteiger partial charge in [0.25, 0.3) is 0 Å². The van der Waals surface area contributed by atoms with Gasteiger partial charge in [-0.1, -0.05) is 13.8 Å². The first-order chi connectivity index (χ1) is 8.74. The quantitative estimate of drug-likeness (QED) is 0.872. The van der Waals surface area contributed by atoms with Gasteiger partial charge in [0.05, 0.1) is 11.7 Å². The van der Waals surface area contributed by atoms with Crippen molar-refractivity contribution in [3.05, 3.63) is 34.0 Å². The Kier molecular flexibility index (Phi) is 4.49. The van der Waals surface area contributed by atoms with Crippen molar-refractivity contribution in [1.29, 1.82) is 0 Å². The minimum atomic E-state index is 0.343. The second kappa shape index (κ2) is 6.11. The third-order valence-electron chi connectivity index (χ3n) is 3.02. The molecule has 0 saturated carbocycles. The summed E-state index contributed by atoms with van der Waals surface area (Å²) in [6.45, 7) is 5.18. The minimum Gasteiger partial charge on any atom is -0.304 e. The summed E-state index contributed by atoms with van der Waals surface area (Å²) in [4.78, 5) is 4.38. The van der Waals surface area contributed by atoms with Crippen molar-refractivity contribution in [2.75, 3.05) is 0 Å². The summed E-state index contributed by atoms with van der Waals surface area (Å²) in [6, 6.07) is 0.343. The van der Waals surface area contributed by atoms with Gasteiger partial charge in [-0.2, -0.15) is 5.10 Å². The fraction of sp³-hybridized carbons (Fsp3) is 0.538. The van der Waals surface area contributed by atoms with Gasteiger partial charge < -0.3 is 5.32 Å². The summed E-state index contributed by atoms with van der Waals surface area (Å²) in [5, 5.41) is 11.2. The molecule has 0 radical (unpaired) electrons. The van der Waals surface area contributed by atoms with Crippen molar-refractivity contribution in [3.63, 3.8) is 0 Å². The zero-order valence-corrected chi connectivity index (χ0v) is 12.0. The average Bonchev–Trinajstić information content (AvgIpc) is 2.99. The topological polar surface area (TPSA) is 42.7 Å². The van der Waals surface area contributed by atoms with Crippen molar-refractivity contribution in [2.24, 2.45) is 7.05 Å². The number of hydrogen-bond acceptors (Lipinski definition) is 4. The van der Waals surface area contributed by atoms with Crippen LogP contribution in [0.15, 0.2) is 17.8 Å². The summed E-state index contributed by atoms with van der Waals surface area (Å²) < 4.78 is 1.89. The summed E-state index contributed by atoms with van der Waals surface area (Å²) in [5.74, 6) is 0. The summed E-state index contributed by atoms with van der Waals surface area (Å²) in [5.41, 5.74) is 2.47. The second-order valence-electron chi connectivity index (χ2n) is 4.34. The average molecular weight is 264 g/mol. The lowest BCUT2D eigenvalue weighted by atomic mass is 10.2. The molecule has 1 unspecified atom stereocenters. The molecular formula is C13H20N4S. The Morgan fingerprint density at radius 3 is 2.89 bits per heavy atom. The van der Waals surface area contributed by atoms with Gasteiger partial charge in [0, 0.05) is 36.9 Å². The summed E-state index contributed by atoms with van der Waals surface area (Å²) >= 11 is 1.71. The molecule has 0 aliphatic heterocycles. The number of rotatable bonds is 6. The normalized spacial score (nSPS) is 12.8. The Hall–Kier alpha value is -1.20. The second-order valence-corrected chi connectivity index (χ2v) is 5.27. The molecule has 0 aromatic carbocycles. The third kappa shape index (κ3) is 2.97. The highest BCUT2D eigenvalue weighted by atomic mass is 32.1. The van der Waals surface area contributed by atoms with Gasteiger partial charge in [0.1, 0.15) is 5.01 Å². The van der Waals surface area contributed by atoms with Crippen LogP contribution in [0.25, 0.3) is 0 Å². The van der Waals surface area contributed by atoms with Crippen LogP contribution in [-0.4, -0.2) is 14.8 Å². The van der Waals surface area contributed by atoms with Gasteiger partial charge in [-0.15, -0.1) is 11.3 Å². The maximum Gasteiger partial charge on any atom is 0.109 e. The van der Waals surface area contributed by atoms with Crippen LogP contribution < -0.4 is 5.32 Å². The van der Waals surface area contributed by atoms with Crippen LogP contribution >= 0.6 is 11.3 Å². The third-order valence-corrected chi connectivity index (χ3v) is 3.91. The number of thiazole rings is 1. The summed E-state index contributed by atoms with van der Waals surface area (Å²) in [7, 11) is 1.97. The highest BCUT2D eigenvalue weighted by Gasteiger charge is 2.13. The Labute approximate surface area is 112 Å². The monoisotopic (exact) mass is 264 g/mol. The Bertz CT molecular complexity index is 475. The van der Waals surface area contributed by atoms with Crippen molar-refractivity contribution in [1.82, 2.24) is 20.1 Å². The zero-order valence-electron chi connectivity index (χ0n) is 11.2. The molecule has 1 N–H and O–H groups in total. The lowest BCUT2D eigenvalue weighted by molar-refractivity contribution is 0.515. The molecule has 2 rings (SSSR count). The van der Waals surface area contributed by atoms with Gasteiger partial charge >= 0.3 is 0 Å². The molecule has 98 valence electrons. The molecule has 0 saturated heterocycles. The van der Waals surface area contributed by atoms with Crippen molar-refractivity contribution in [2.45, 2.75) is 39.3 Å². The Morgan fingerprint density at radius 2 is 2.28 bits per heavy atom. The largest absolute Gasteiger partial charge is 0.304 e. The number of aryl methyl sites for hydroxylation is 2. The molecule has 5 heteroatoms. The lowest BCUT2D eigenvalue weighted by Crippen LogP contribution is -2.20. The molecule has 0 bridgehead atoms. The number of nitrogens with zero attached hydrogens (tertiary/aromatic N) is 3. The number of nitrogens with one attached hydrogen (secondary N) is 1. The minimum absolute atomic E-state index is 0.343. The van der Waals surface area contributed by atoms with Crippen LogP contribution in [0.1, 0.15) is 42.6 Å². The van der Waals surface area contributed by atoms with E-state index in [0.29, 0.717) is 6.04 Å². The highest BCUT2D eigenvalue weighted by Crippen LogP contribution is 2.19. The van der Waals surface area contributed by atoms with Crippen LogP contribution in [0.3, 0.4) is 0 Å². The van der Waals surface area contributed by atoms with Crippen LogP contribution in [0.5, 0.6) is 0 Å². The predicted molar refractivity (Wildman–Crippen MR) is 74.6 cm³/mol. The van der Waals surface area contributed by atoms with E-state index >= 15 is 0 Å². The smallest absolute Gasteiger partial charge is 0.109 e. The number of aromatic nitrogens is 3. The molecular weight excluding hydrogens is 244 g/mol. The Morgan fingerprint density at radius 1 is 1.44 bits per heavy atom. The fourth-order valence-electron chi connectivity index (χ4n) is 2.07. The van der Waals surface area contributed by atoms with E-state index in [1.807, 2.05) is 23.3 Å². The fourth-order valence-corrected chi connectivity index (χ4v) is 2.87. The zero-order chi connectivity index (χ0) is 13.0. The van der Waals surface area contributed by atoms with Crippen LogP contribution in [-0.2, 0) is 20.0 Å². The van der Waals surface area contributed by atoms with Crippen molar-refractivity contribution >= 4 is 11.3 Å². The molecule has 0 aliphatic rings. The molecule has 0 aliphatic carbocycles. The molecule has 0 fully saturated rings. The maximum absolute atomic E-state index is 4.46. The molecule has 4 nitrogen and oxygen atoms in total. The van der Waals surface area contributed by atoms with E-state index in [9.17, 15) is 0 Å². The molecule has 2 heterocycles. The predicted octanol–water partition coefficient (Wildman–Crippen LogP) is 2.68. The van der Waals surface area contributed by atoms with E-state index in [4.69, 9.17) is 0 Å². The number of hydrogen-bond donors (Lipinski definition) is 1. The molecule has 1 atom stereocenters. The van der Waals surface area contributed by atoms with E-state index in [2.05, 4.69) is 35.4 Å². The molecule has 18 heavy (non-hydrogen) atoms. The molecule has 2 aromatic rings. The SMILES string of the molecule is CCc1nn(C)cc1CNC(CC)c1nccs1. The van der Waals surface area contributed by atoms with Gasteiger partial charge in [0.2, 0.25) is 0 Å². The van der Waals surface area contributed by atoms with E-state index in [0.717, 1.165) is 19.4 Å².